The van der Waals surface area contributed by atoms with Gasteiger partial charge in [-0.2, -0.15) is 12.6 Å². The molecule has 0 radical (unpaired) electrons. The molecule has 6 nitrogen and oxygen atoms in total. The number of carbonyl (C=O) groups is 2. The smallest absolute Gasteiger partial charge is 0.330 e. The van der Waals surface area contributed by atoms with Crippen LogP contribution in [-0.4, -0.2) is 47.3 Å². The van der Waals surface area contributed by atoms with E-state index in [-0.39, 0.29) is 18.0 Å². The Morgan fingerprint density at radius 1 is 1.08 bits per heavy atom. The maximum Gasteiger partial charge on any atom is 0.330 e. The molecule has 38 heavy (non-hydrogen) atoms. The van der Waals surface area contributed by atoms with Gasteiger partial charge in [0, 0.05) is 19.1 Å². The Hall–Kier alpha value is -2.51. The predicted octanol–water partition coefficient (Wildman–Crippen LogP) is 6.74. The van der Waals surface area contributed by atoms with Gasteiger partial charge < -0.3 is 15.0 Å². The summed E-state index contributed by atoms with van der Waals surface area (Å²) in [4.78, 5) is 30.4. The van der Waals surface area contributed by atoms with Crippen molar-refractivity contribution < 1.29 is 14.3 Å². The molecule has 3 rings (SSSR count). The van der Waals surface area contributed by atoms with Gasteiger partial charge in [0.25, 0.3) is 0 Å². The highest BCUT2D eigenvalue weighted by Gasteiger charge is 2.63. The van der Waals surface area contributed by atoms with Crippen molar-refractivity contribution in [2.45, 2.75) is 85.0 Å². The average molecular weight is 540 g/mol. The van der Waals surface area contributed by atoms with Gasteiger partial charge in [0.1, 0.15) is 11.2 Å². The van der Waals surface area contributed by atoms with Gasteiger partial charge in [-0.1, -0.05) is 69.2 Å². The van der Waals surface area contributed by atoms with E-state index in [0.717, 1.165) is 37.0 Å². The Kier molecular flexibility index (Phi) is 11.1. The number of ether oxygens (including phenoxy) is 1. The van der Waals surface area contributed by atoms with Gasteiger partial charge in [0.05, 0.1) is 0 Å². The molecule has 2 aromatic carbocycles. The summed E-state index contributed by atoms with van der Waals surface area (Å²) in [5.41, 5.74) is 2.72. The molecule has 0 bridgehead atoms. The lowest BCUT2D eigenvalue weighted by Gasteiger charge is -2.54. The van der Waals surface area contributed by atoms with Crippen LogP contribution >= 0.6 is 12.6 Å². The summed E-state index contributed by atoms with van der Waals surface area (Å²) < 4.78 is 6.44. The number of imide groups is 1. The molecule has 2 aromatic rings. The predicted molar refractivity (Wildman–Crippen MR) is 157 cm³/mol. The van der Waals surface area contributed by atoms with Crippen molar-refractivity contribution in [1.82, 2.24) is 15.1 Å². The first-order valence-electron chi connectivity index (χ1n) is 14.1. The number of unbranched alkanes of at least 4 members (excludes halogenated alkanes) is 1. The molecule has 1 saturated heterocycles. The molecule has 1 N–H and O–H groups in total. The fraction of sp³-hybridized carbons (Fsp3) is 0.548. The summed E-state index contributed by atoms with van der Waals surface area (Å²) in [5.74, 6) is 1.43. The van der Waals surface area contributed by atoms with Gasteiger partial charge in [0.15, 0.2) is 6.23 Å². The number of benzene rings is 2. The molecule has 2 unspecified atom stereocenters. The van der Waals surface area contributed by atoms with Crippen molar-refractivity contribution in [3.63, 3.8) is 0 Å². The zero-order valence-corrected chi connectivity index (χ0v) is 24.6. The number of aryl methyl sites for hydroxylation is 1. The van der Waals surface area contributed by atoms with E-state index in [4.69, 9.17) is 4.74 Å². The number of nitrogens with one attached hydrogen (secondary N) is 1. The van der Waals surface area contributed by atoms with E-state index in [0.29, 0.717) is 31.7 Å². The van der Waals surface area contributed by atoms with Crippen LogP contribution in [0, 0.1) is 12.3 Å². The number of carbonyl (C=O) groups excluding carboxylic acids is 2. The summed E-state index contributed by atoms with van der Waals surface area (Å²) in [6.45, 7) is 9.12. The Morgan fingerprint density at radius 3 is 2.29 bits per heavy atom. The Bertz CT molecular complexity index is 1040. The molecule has 1 aliphatic heterocycles. The zero-order chi connectivity index (χ0) is 27.7. The summed E-state index contributed by atoms with van der Waals surface area (Å²) in [5, 5.41) is 3.40. The Labute approximate surface area is 234 Å². The van der Waals surface area contributed by atoms with Crippen LogP contribution in [0.4, 0.5) is 4.79 Å². The number of nitrogens with zero attached hydrogens (tertiary/aromatic N) is 2. The quantitative estimate of drug-likeness (QED) is 0.159. The van der Waals surface area contributed by atoms with E-state index in [9.17, 15) is 9.59 Å². The zero-order valence-electron chi connectivity index (χ0n) is 23.7. The van der Waals surface area contributed by atoms with Crippen molar-refractivity contribution >= 4 is 24.6 Å². The normalized spacial score (nSPS) is 17.2. The van der Waals surface area contributed by atoms with Gasteiger partial charge >= 0.3 is 6.03 Å². The lowest BCUT2D eigenvalue weighted by Crippen LogP contribution is -2.73. The third kappa shape index (κ3) is 6.55. The molecule has 2 atom stereocenters. The van der Waals surface area contributed by atoms with Crippen molar-refractivity contribution in [2.75, 3.05) is 19.3 Å². The number of urea groups is 1. The maximum atomic E-state index is 13.8. The number of hydrogen-bond donors (Lipinski definition) is 2. The maximum absolute atomic E-state index is 13.8. The molecule has 0 saturated carbocycles. The SMILES string of the molecule is CCCN(Cc1ccc(C)cc1)C(=O)N1C(=O)C(CC)(CC)C1Oc1ccc(C(CCCCS)NC)cc1. The number of rotatable bonds is 14. The highest BCUT2D eigenvalue weighted by molar-refractivity contribution is 7.80. The average Bonchev–Trinajstić information content (AvgIpc) is 2.93. The minimum absolute atomic E-state index is 0.140. The second-order valence-electron chi connectivity index (χ2n) is 10.3. The van der Waals surface area contributed by atoms with Crippen LogP contribution < -0.4 is 10.1 Å². The number of hydrogen-bond acceptors (Lipinski definition) is 5. The van der Waals surface area contributed by atoms with Crippen LogP contribution in [0.15, 0.2) is 48.5 Å². The van der Waals surface area contributed by atoms with Crippen LogP contribution in [0.1, 0.15) is 82.0 Å². The molecule has 0 aromatic heterocycles. The van der Waals surface area contributed by atoms with Gasteiger partial charge in [-0.3, -0.25) is 4.79 Å². The molecule has 3 amide bonds. The Morgan fingerprint density at radius 2 is 1.74 bits per heavy atom. The second-order valence-corrected chi connectivity index (χ2v) is 10.8. The van der Waals surface area contributed by atoms with Crippen LogP contribution in [0.25, 0.3) is 0 Å². The van der Waals surface area contributed by atoms with Crippen LogP contribution in [0.2, 0.25) is 0 Å². The largest absolute Gasteiger partial charge is 0.469 e. The molecule has 208 valence electrons. The first-order valence-corrected chi connectivity index (χ1v) is 14.7. The summed E-state index contributed by atoms with van der Waals surface area (Å²) in [6.07, 6.45) is 4.66. The fourth-order valence-corrected chi connectivity index (χ4v) is 5.53. The number of β-lactam (4-membered cyclic amide) rings is 1. The molecule has 0 aliphatic carbocycles. The first-order chi connectivity index (χ1) is 18.3. The van der Waals surface area contributed by atoms with Crippen molar-refractivity contribution in [3.8, 4) is 5.75 Å². The second kappa shape index (κ2) is 14.0. The van der Waals surface area contributed by atoms with Gasteiger partial charge in [0.2, 0.25) is 5.91 Å². The van der Waals surface area contributed by atoms with E-state index < -0.39 is 11.6 Å². The summed E-state index contributed by atoms with van der Waals surface area (Å²) >= 11 is 4.32. The lowest BCUT2D eigenvalue weighted by atomic mass is 9.72. The molecular formula is C31H45N3O3S. The first kappa shape index (κ1) is 30.0. The van der Waals surface area contributed by atoms with E-state index in [1.807, 2.05) is 71.1 Å². The minimum Gasteiger partial charge on any atom is -0.469 e. The minimum atomic E-state index is -0.698. The van der Waals surface area contributed by atoms with Crippen molar-refractivity contribution in [3.05, 3.63) is 65.2 Å². The van der Waals surface area contributed by atoms with Gasteiger partial charge in [-0.15, -0.1) is 0 Å². The lowest BCUT2D eigenvalue weighted by molar-refractivity contribution is -0.192. The highest BCUT2D eigenvalue weighted by atomic mass is 32.1. The third-order valence-electron chi connectivity index (χ3n) is 7.86. The number of amides is 3. The topological polar surface area (TPSA) is 61.9 Å². The molecule has 0 spiro atoms. The molecule has 1 aliphatic rings. The van der Waals surface area contributed by atoms with E-state index in [1.165, 1.54) is 16.0 Å². The van der Waals surface area contributed by atoms with Crippen LogP contribution in [0.3, 0.4) is 0 Å². The summed E-state index contributed by atoms with van der Waals surface area (Å²) in [7, 11) is 1.98. The van der Waals surface area contributed by atoms with Crippen molar-refractivity contribution in [2.24, 2.45) is 5.41 Å². The van der Waals surface area contributed by atoms with E-state index in [2.05, 4.69) is 30.1 Å². The molecular weight excluding hydrogens is 494 g/mol. The van der Waals surface area contributed by atoms with Gasteiger partial charge in [-0.05, 0) is 75.1 Å². The Balaban J connectivity index is 1.80. The van der Waals surface area contributed by atoms with E-state index >= 15 is 0 Å². The van der Waals surface area contributed by atoms with Crippen molar-refractivity contribution in [1.29, 1.82) is 0 Å². The standard InChI is InChI=1S/C31H45N3O3S/c1-6-20-33(22-24-14-12-23(4)13-15-24)30(36)34-28(35)31(7-2,8-3)29(34)37-26-18-16-25(17-19-26)27(32-5)11-9-10-21-38/h12-19,27,29,32,38H,6-11,20-22H2,1-5H3. The third-order valence-corrected chi connectivity index (χ3v) is 8.17. The van der Waals surface area contributed by atoms with Crippen LogP contribution in [0.5, 0.6) is 5.75 Å². The molecule has 7 heteroatoms. The highest BCUT2D eigenvalue weighted by Crippen LogP contribution is 2.46. The van der Waals surface area contributed by atoms with Crippen LogP contribution in [-0.2, 0) is 11.3 Å². The van der Waals surface area contributed by atoms with E-state index in [1.54, 1.807) is 4.90 Å². The monoisotopic (exact) mass is 539 g/mol. The summed E-state index contributed by atoms with van der Waals surface area (Å²) in [6, 6.07) is 16.2. The number of thiol groups is 1. The van der Waals surface area contributed by atoms with Gasteiger partial charge in [-0.25, -0.2) is 9.69 Å². The number of likely N-dealkylation sites (tertiary alicyclic amines) is 1. The molecule has 1 heterocycles. The fourth-order valence-electron chi connectivity index (χ4n) is 5.31. The molecule has 1 fully saturated rings.